The van der Waals surface area contributed by atoms with Crippen molar-refractivity contribution in [2.24, 2.45) is 0 Å². The predicted molar refractivity (Wildman–Crippen MR) is 72.8 cm³/mol. The van der Waals surface area contributed by atoms with Crippen LogP contribution in [0.15, 0.2) is 11.1 Å². The van der Waals surface area contributed by atoms with Crippen molar-refractivity contribution in [2.45, 2.75) is 49.7 Å². The van der Waals surface area contributed by atoms with Gasteiger partial charge in [-0.2, -0.15) is 13.2 Å². The topological polar surface area (TPSA) is 58.0 Å². The molecule has 0 bridgehead atoms. The van der Waals surface area contributed by atoms with Gasteiger partial charge in [0.2, 0.25) is 5.95 Å². The number of nitrogens with zero attached hydrogens (tertiary/aromatic N) is 2. The fourth-order valence-electron chi connectivity index (χ4n) is 1.24. The number of halogens is 3. The van der Waals surface area contributed by atoms with Crippen LogP contribution in [0.1, 0.15) is 32.9 Å². The molecule has 0 radical (unpaired) electrons. The van der Waals surface area contributed by atoms with E-state index in [4.69, 9.17) is 0 Å². The maximum Gasteiger partial charge on any atom is 0.433 e. The number of aliphatic hydroxyl groups is 1. The molecule has 0 amide bonds. The van der Waals surface area contributed by atoms with Gasteiger partial charge in [0.25, 0.3) is 0 Å². The van der Waals surface area contributed by atoms with E-state index in [0.29, 0.717) is 6.54 Å². The van der Waals surface area contributed by atoms with Crippen molar-refractivity contribution in [1.29, 1.82) is 0 Å². The fourth-order valence-corrected chi connectivity index (χ4v) is 2.13. The van der Waals surface area contributed by atoms with E-state index in [2.05, 4.69) is 15.3 Å². The van der Waals surface area contributed by atoms with Crippen molar-refractivity contribution in [3.8, 4) is 0 Å². The Balaban J connectivity index is 3.03. The van der Waals surface area contributed by atoms with E-state index in [1.165, 1.54) is 0 Å². The monoisotopic (exact) mass is 309 g/mol. The molecular formula is C12H18F3N3OS. The van der Waals surface area contributed by atoms with Crippen molar-refractivity contribution >= 4 is 17.7 Å². The summed E-state index contributed by atoms with van der Waals surface area (Å²) in [5, 5.41) is 12.1. The minimum absolute atomic E-state index is 0.0398. The van der Waals surface area contributed by atoms with Crippen molar-refractivity contribution in [3.05, 3.63) is 11.8 Å². The highest BCUT2D eigenvalue weighted by molar-refractivity contribution is 7.99. The molecule has 0 aliphatic carbocycles. The van der Waals surface area contributed by atoms with Crippen LogP contribution in [-0.4, -0.2) is 33.0 Å². The molecule has 1 aromatic rings. The number of hydrogen-bond donors (Lipinski definition) is 2. The van der Waals surface area contributed by atoms with Gasteiger partial charge in [0.1, 0.15) is 5.03 Å². The molecule has 2 atom stereocenters. The average molecular weight is 309 g/mol. The second-order valence-electron chi connectivity index (χ2n) is 4.40. The van der Waals surface area contributed by atoms with E-state index in [0.717, 1.165) is 24.2 Å². The third-order valence-electron chi connectivity index (χ3n) is 2.51. The summed E-state index contributed by atoms with van der Waals surface area (Å²) in [6.45, 7) is 5.70. The first kappa shape index (κ1) is 17.0. The van der Waals surface area contributed by atoms with Gasteiger partial charge in [0.15, 0.2) is 5.69 Å². The molecule has 0 saturated carbocycles. The Morgan fingerprint density at radius 3 is 2.50 bits per heavy atom. The van der Waals surface area contributed by atoms with Gasteiger partial charge in [-0.3, -0.25) is 0 Å². The summed E-state index contributed by atoms with van der Waals surface area (Å²) in [6, 6.07) is 0.903. The summed E-state index contributed by atoms with van der Waals surface area (Å²) >= 11 is 1.09. The summed E-state index contributed by atoms with van der Waals surface area (Å²) in [6.07, 6.45) is -4.41. The zero-order valence-corrected chi connectivity index (χ0v) is 12.3. The smallest absolute Gasteiger partial charge is 0.392 e. The average Bonchev–Trinajstić information content (AvgIpc) is 2.34. The lowest BCUT2D eigenvalue weighted by atomic mass is 10.3. The minimum Gasteiger partial charge on any atom is -0.392 e. The lowest BCUT2D eigenvalue weighted by Gasteiger charge is -2.15. The summed E-state index contributed by atoms with van der Waals surface area (Å²) in [7, 11) is 0. The highest BCUT2D eigenvalue weighted by atomic mass is 32.2. The molecule has 0 aromatic carbocycles. The number of aliphatic hydroxyl groups excluding tert-OH is 1. The maximum absolute atomic E-state index is 12.8. The van der Waals surface area contributed by atoms with E-state index < -0.39 is 18.0 Å². The van der Waals surface area contributed by atoms with E-state index in [1.807, 2.05) is 6.92 Å². The Bertz CT molecular complexity index is 440. The zero-order chi connectivity index (χ0) is 15.3. The van der Waals surface area contributed by atoms with Gasteiger partial charge in [-0.05, 0) is 13.3 Å². The van der Waals surface area contributed by atoms with E-state index in [1.54, 1.807) is 13.8 Å². The Morgan fingerprint density at radius 2 is 2.00 bits per heavy atom. The molecule has 0 spiro atoms. The lowest BCUT2D eigenvalue weighted by molar-refractivity contribution is -0.141. The summed E-state index contributed by atoms with van der Waals surface area (Å²) in [5.74, 6) is -0.0398. The van der Waals surface area contributed by atoms with Crippen molar-refractivity contribution in [2.75, 3.05) is 11.9 Å². The Kier molecular flexibility index (Phi) is 6.07. The molecular weight excluding hydrogens is 291 g/mol. The van der Waals surface area contributed by atoms with E-state index in [-0.39, 0.29) is 16.2 Å². The molecule has 0 aliphatic heterocycles. The SMILES string of the molecule is CCCNc1nc(SC(C)C(C)O)cc(C(F)(F)F)n1. The minimum atomic E-state index is -4.52. The third kappa shape index (κ3) is 5.16. The summed E-state index contributed by atoms with van der Waals surface area (Å²) in [4.78, 5) is 7.51. The quantitative estimate of drug-likeness (QED) is 0.624. The lowest BCUT2D eigenvalue weighted by Crippen LogP contribution is -2.17. The normalized spacial score (nSPS) is 14.9. The van der Waals surface area contributed by atoms with Crippen LogP contribution >= 0.6 is 11.8 Å². The van der Waals surface area contributed by atoms with Crippen molar-refractivity contribution in [1.82, 2.24) is 9.97 Å². The molecule has 0 fully saturated rings. The Labute approximate surface area is 120 Å². The predicted octanol–water partition coefficient (Wildman–Crippen LogP) is 3.18. The first-order valence-corrected chi connectivity index (χ1v) is 7.17. The molecule has 1 aromatic heterocycles. The number of thioether (sulfide) groups is 1. The fraction of sp³-hybridized carbons (Fsp3) is 0.667. The second-order valence-corrected chi connectivity index (χ2v) is 5.80. The standard InChI is InChI=1S/C12H18F3N3OS/c1-4-5-16-11-17-9(12(13,14)15)6-10(18-11)20-8(3)7(2)19/h6-8,19H,4-5H2,1-3H3,(H,16,17,18). The van der Waals surface area contributed by atoms with Crippen molar-refractivity contribution in [3.63, 3.8) is 0 Å². The van der Waals surface area contributed by atoms with Gasteiger partial charge in [0.05, 0.1) is 6.10 Å². The number of hydrogen-bond acceptors (Lipinski definition) is 5. The molecule has 1 heterocycles. The van der Waals surface area contributed by atoms with Gasteiger partial charge in [-0.25, -0.2) is 9.97 Å². The third-order valence-corrected chi connectivity index (χ3v) is 3.73. The molecule has 1 rings (SSSR count). The molecule has 2 unspecified atom stereocenters. The van der Waals surface area contributed by atoms with E-state index in [9.17, 15) is 18.3 Å². The van der Waals surface area contributed by atoms with E-state index >= 15 is 0 Å². The Hall–Kier alpha value is -1.02. The molecule has 2 N–H and O–H groups in total. The first-order chi connectivity index (χ1) is 9.24. The molecule has 114 valence electrons. The maximum atomic E-state index is 12.8. The molecule has 0 saturated heterocycles. The van der Waals surface area contributed by atoms with Crippen LogP contribution in [0.25, 0.3) is 0 Å². The number of nitrogens with one attached hydrogen (secondary N) is 1. The van der Waals surface area contributed by atoms with Crippen LogP contribution in [0, 0.1) is 0 Å². The van der Waals surface area contributed by atoms with Crippen LogP contribution < -0.4 is 5.32 Å². The number of rotatable bonds is 6. The molecule has 20 heavy (non-hydrogen) atoms. The highest BCUT2D eigenvalue weighted by Gasteiger charge is 2.34. The van der Waals surface area contributed by atoms with Crippen LogP contribution in [0.5, 0.6) is 0 Å². The van der Waals surface area contributed by atoms with Gasteiger partial charge in [-0.1, -0.05) is 13.8 Å². The van der Waals surface area contributed by atoms with Crippen LogP contribution in [-0.2, 0) is 6.18 Å². The number of anilines is 1. The highest BCUT2D eigenvalue weighted by Crippen LogP contribution is 2.32. The van der Waals surface area contributed by atoms with Crippen molar-refractivity contribution < 1.29 is 18.3 Å². The van der Waals surface area contributed by atoms with Gasteiger partial charge in [0, 0.05) is 17.9 Å². The van der Waals surface area contributed by atoms with Gasteiger partial charge in [-0.15, -0.1) is 11.8 Å². The van der Waals surface area contributed by atoms with Crippen LogP contribution in [0.4, 0.5) is 19.1 Å². The van der Waals surface area contributed by atoms with Crippen LogP contribution in [0.2, 0.25) is 0 Å². The first-order valence-electron chi connectivity index (χ1n) is 6.29. The number of aromatic nitrogens is 2. The second kappa shape index (κ2) is 7.12. The Morgan fingerprint density at radius 1 is 1.35 bits per heavy atom. The zero-order valence-electron chi connectivity index (χ0n) is 11.5. The molecule has 8 heteroatoms. The van der Waals surface area contributed by atoms with Gasteiger partial charge < -0.3 is 10.4 Å². The molecule has 0 aliphatic rings. The van der Waals surface area contributed by atoms with Gasteiger partial charge >= 0.3 is 6.18 Å². The summed E-state index contributed by atoms with van der Waals surface area (Å²) in [5.41, 5.74) is -0.980. The number of alkyl halides is 3. The van der Waals surface area contributed by atoms with Crippen LogP contribution in [0.3, 0.4) is 0 Å². The summed E-state index contributed by atoms with van der Waals surface area (Å²) < 4.78 is 38.4. The molecule has 4 nitrogen and oxygen atoms in total. The largest absolute Gasteiger partial charge is 0.433 e.